The molecule has 0 spiro atoms. The van der Waals surface area contributed by atoms with Crippen LogP contribution < -0.4 is 5.73 Å². The molecule has 0 radical (unpaired) electrons. The summed E-state index contributed by atoms with van der Waals surface area (Å²) in [6, 6.07) is 0. The number of hydrogen-bond donors (Lipinski definition) is 1. The predicted molar refractivity (Wildman–Crippen MR) is 46.4 cm³/mol. The Bertz CT molecular complexity index is 106. The third kappa shape index (κ3) is 4.94. The largest absolute Gasteiger partial charge is 0.330 e. The molecular formula is C7H17NOS. The van der Waals surface area contributed by atoms with E-state index in [-0.39, 0.29) is 0 Å². The third-order valence-corrected chi connectivity index (χ3v) is 3.14. The van der Waals surface area contributed by atoms with Crippen molar-refractivity contribution in [3.05, 3.63) is 0 Å². The molecule has 0 fully saturated rings. The minimum absolute atomic E-state index is 0.545. The van der Waals surface area contributed by atoms with E-state index in [1.165, 1.54) is 0 Å². The molecule has 0 saturated heterocycles. The van der Waals surface area contributed by atoms with Crippen LogP contribution in [0.3, 0.4) is 0 Å². The Morgan fingerprint density at radius 1 is 1.60 bits per heavy atom. The second-order valence-corrected chi connectivity index (χ2v) is 4.23. The highest BCUT2D eigenvalue weighted by Crippen LogP contribution is 2.01. The molecule has 2 N–H and O–H groups in total. The molecule has 0 aliphatic carbocycles. The molecule has 0 aromatic carbocycles. The van der Waals surface area contributed by atoms with Gasteiger partial charge in [0.1, 0.15) is 0 Å². The fourth-order valence-corrected chi connectivity index (χ4v) is 1.95. The lowest BCUT2D eigenvalue weighted by Crippen LogP contribution is -2.16. The van der Waals surface area contributed by atoms with Gasteiger partial charge in [0.05, 0.1) is 0 Å². The maximum absolute atomic E-state index is 11.0. The molecule has 0 aromatic heterocycles. The van der Waals surface area contributed by atoms with E-state index in [9.17, 15) is 4.21 Å². The van der Waals surface area contributed by atoms with Gasteiger partial charge in [-0.2, -0.15) is 0 Å². The fraction of sp³-hybridized carbons (Fsp3) is 1.00. The minimum atomic E-state index is -0.675. The quantitative estimate of drug-likeness (QED) is 0.649. The molecule has 62 valence electrons. The van der Waals surface area contributed by atoms with Gasteiger partial charge in [-0.3, -0.25) is 4.21 Å². The average Bonchev–Trinajstić information content (AvgIpc) is 1.88. The van der Waals surface area contributed by atoms with Crippen molar-refractivity contribution in [2.24, 2.45) is 11.7 Å². The average molecular weight is 163 g/mol. The standard InChI is InChI=1S/C7H17NOS/c1-3-7(2)6-10(9)5-4-8/h7H,3-6,8H2,1-2H3. The molecule has 0 saturated carbocycles. The first kappa shape index (κ1) is 10.1. The van der Waals surface area contributed by atoms with Crippen LogP contribution in [0.15, 0.2) is 0 Å². The summed E-state index contributed by atoms with van der Waals surface area (Å²) < 4.78 is 11.0. The second-order valence-electron chi connectivity index (χ2n) is 2.61. The molecule has 0 aliphatic heterocycles. The molecule has 0 aromatic rings. The van der Waals surface area contributed by atoms with Crippen LogP contribution in [0.5, 0.6) is 0 Å². The molecule has 3 heteroatoms. The molecule has 2 unspecified atom stereocenters. The van der Waals surface area contributed by atoms with Gasteiger partial charge >= 0.3 is 0 Å². The van der Waals surface area contributed by atoms with Crippen LogP contribution >= 0.6 is 0 Å². The molecule has 0 rings (SSSR count). The summed E-state index contributed by atoms with van der Waals surface area (Å²) in [5, 5.41) is 0. The monoisotopic (exact) mass is 163 g/mol. The summed E-state index contributed by atoms with van der Waals surface area (Å²) >= 11 is 0. The van der Waals surface area contributed by atoms with E-state index in [0.717, 1.165) is 12.2 Å². The fourth-order valence-electron chi connectivity index (χ4n) is 0.650. The lowest BCUT2D eigenvalue weighted by Gasteiger charge is -2.05. The van der Waals surface area contributed by atoms with E-state index >= 15 is 0 Å². The summed E-state index contributed by atoms with van der Waals surface area (Å²) in [7, 11) is -0.675. The lowest BCUT2D eigenvalue weighted by molar-refractivity contribution is 0.615. The number of hydrogen-bond acceptors (Lipinski definition) is 2. The van der Waals surface area contributed by atoms with Gasteiger partial charge in [-0.15, -0.1) is 0 Å². The van der Waals surface area contributed by atoms with Crippen molar-refractivity contribution in [3.8, 4) is 0 Å². The lowest BCUT2D eigenvalue weighted by atomic mass is 10.2. The summed E-state index contributed by atoms with van der Waals surface area (Å²) in [6.45, 7) is 4.78. The van der Waals surface area contributed by atoms with Crippen LogP contribution in [-0.2, 0) is 10.8 Å². The summed E-state index contributed by atoms with van der Waals surface area (Å²) in [5.41, 5.74) is 5.25. The zero-order valence-electron chi connectivity index (χ0n) is 6.80. The molecule has 0 amide bonds. The van der Waals surface area contributed by atoms with E-state index < -0.39 is 10.8 Å². The molecule has 0 bridgehead atoms. The van der Waals surface area contributed by atoms with E-state index in [0.29, 0.717) is 18.2 Å². The Hall–Kier alpha value is 0.110. The molecule has 2 atom stereocenters. The summed E-state index contributed by atoms with van der Waals surface area (Å²) in [4.78, 5) is 0. The van der Waals surface area contributed by atoms with E-state index in [4.69, 9.17) is 5.73 Å². The van der Waals surface area contributed by atoms with Gasteiger partial charge in [0.25, 0.3) is 0 Å². The first-order chi connectivity index (χ1) is 4.70. The van der Waals surface area contributed by atoms with Crippen LogP contribution in [0.4, 0.5) is 0 Å². The third-order valence-electron chi connectivity index (χ3n) is 1.51. The predicted octanol–water partition coefficient (Wildman–Crippen LogP) is 0.740. The summed E-state index contributed by atoms with van der Waals surface area (Å²) in [6.07, 6.45) is 1.11. The second kappa shape index (κ2) is 5.86. The van der Waals surface area contributed by atoms with Crippen LogP contribution in [0.1, 0.15) is 20.3 Å². The van der Waals surface area contributed by atoms with Gasteiger partial charge in [-0.25, -0.2) is 0 Å². The maximum Gasteiger partial charge on any atom is 0.0357 e. The maximum atomic E-state index is 11.0. The Labute approximate surface area is 65.6 Å². The topological polar surface area (TPSA) is 43.1 Å². The van der Waals surface area contributed by atoms with Gasteiger partial charge in [0.2, 0.25) is 0 Å². The Balaban J connectivity index is 3.37. The highest BCUT2D eigenvalue weighted by Gasteiger charge is 2.03. The number of rotatable bonds is 5. The highest BCUT2D eigenvalue weighted by molar-refractivity contribution is 7.85. The molecule has 2 nitrogen and oxygen atoms in total. The van der Waals surface area contributed by atoms with Crippen molar-refractivity contribution in [1.29, 1.82) is 0 Å². The van der Waals surface area contributed by atoms with Gasteiger partial charge in [0.15, 0.2) is 0 Å². The van der Waals surface area contributed by atoms with Gasteiger partial charge in [-0.1, -0.05) is 20.3 Å². The minimum Gasteiger partial charge on any atom is -0.330 e. The first-order valence-electron chi connectivity index (χ1n) is 3.75. The van der Waals surface area contributed by atoms with Crippen LogP contribution in [-0.4, -0.2) is 22.3 Å². The molecule has 0 aliphatic rings. The summed E-state index contributed by atoms with van der Waals surface area (Å²) in [5.74, 6) is 2.05. The smallest absolute Gasteiger partial charge is 0.0357 e. The molecule has 10 heavy (non-hydrogen) atoms. The van der Waals surface area contributed by atoms with Crippen molar-refractivity contribution in [3.63, 3.8) is 0 Å². The van der Waals surface area contributed by atoms with Crippen molar-refractivity contribution in [1.82, 2.24) is 0 Å². The number of nitrogens with two attached hydrogens (primary N) is 1. The SMILES string of the molecule is CCC(C)CS(=O)CCN. The van der Waals surface area contributed by atoms with Crippen LogP contribution in [0, 0.1) is 5.92 Å². The van der Waals surface area contributed by atoms with Crippen LogP contribution in [0.2, 0.25) is 0 Å². The van der Waals surface area contributed by atoms with E-state index in [1.54, 1.807) is 0 Å². The van der Waals surface area contributed by atoms with Gasteiger partial charge in [0, 0.05) is 28.9 Å². The zero-order chi connectivity index (χ0) is 7.98. The van der Waals surface area contributed by atoms with Crippen molar-refractivity contribution in [2.45, 2.75) is 20.3 Å². The highest BCUT2D eigenvalue weighted by atomic mass is 32.2. The van der Waals surface area contributed by atoms with E-state index in [1.807, 2.05) is 0 Å². The Morgan fingerprint density at radius 3 is 2.60 bits per heavy atom. The van der Waals surface area contributed by atoms with Crippen molar-refractivity contribution < 1.29 is 4.21 Å². The first-order valence-corrected chi connectivity index (χ1v) is 5.24. The zero-order valence-corrected chi connectivity index (χ0v) is 7.62. The van der Waals surface area contributed by atoms with Gasteiger partial charge < -0.3 is 5.73 Å². The Kier molecular flexibility index (Phi) is 5.93. The normalized spacial score (nSPS) is 16.7. The van der Waals surface area contributed by atoms with Crippen LogP contribution in [0.25, 0.3) is 0 Å². The van der Waals surface area contributed by atoms with Crippen molar-refractivity contribution in [2.75, 3.05) is 18.1 Å². The van der Waals surface area contributed by atoms with E-state index in [2.05, 4.69) is 13.8 Å². The Morgan fingerprint density at radius 2 is 2.20 bits per heavy atom. The van der Waals surface area contributed by atoms with Crippen molar-refractivity contribution >= 4 is 10.8 Å². The van der Waals surface area contributed by atoms with Gasteiger partial charge in [-0.05, 0) is 5.92 Å². The molecular weight excluding hydrogens is 146 g/mol. The molecule has 0 heterocycles.